The van der Waals surface area contributed by atoms with Crippen LogP contribution in [0.3, 0.4) is 0 Å². The number of rotatable bonds is 4. The first kappa shape index (κ1) is 18.3. The van der Waals surface area contributed by atoms with E-state index in [0.717, 1.165) is 40.7 Å². The van der Waals surface area contributed by atoms with Crippen molar-refractivity contribution in [1.82, 2.24) is 0 Å². The molecule has 0 saturated heterocycles. The summed E-state index contributed by atoms with van der Waals surface area (Å²) >= 11 is 0. The Morgan fingerprint density at radius 1 is 0.964 bits per heavy atom. The van der Waals surface area contributed by atoms with Crippen LogP contribution < -0.4 is 30.0 Å². The molecule has 0 fully saturated rings. The van der Waals surface area contributed by atoms with Crippen LogP contribution in [0.4, 0.5) is 5.69 Å². The van der Waals surface area contributed by atoms with Crippen LogP contribution in [-0.2, 0) is 5.41 Å². The van der Waals surface area contributed by atoms with E-state index in [0.29, 0.717) is 25.7 Å². The molecule has 0 atom stereocenters. The van der Waals surface area contributed by atoms with E-state index < -0.39 is 0 Å². The standard InChI is InChI=1S/C21H25N3O4/c1-21(2,14-4-6-17-18(10-14)28-13-27-17)12-23-20(22)24-15-5-7-16-19(11-15)26-9-3-8-25-16/h4-7,10-11H,3,8-9,12-13H2,1-2H3,(H3,22,23,24). The maximum absolute atomic E-state index is 6.11. The lowest BCUT2D eigenvalue weighted by Crippen LogP contribution is -2.27. The topological polar surface area (TPSA) is 87.3 Å². The SMILES string of the molecule is CC(C)(CN=C(N)Nc1ccc2c(c1)OCCCO2)c1ccc2c(c1)OCO2. The number of benzene rings is 2. The molecule has 2 aliphatic rings. The van der Waals surface area contributed by atoms with Gasteiger partial charge in [0.15, 0.2) is 29.0 Å². The molecule has 3 N–H and O–H groups in total. The smallest absolute Gasteiger partial charge is 0.231 e. The molecule has 2 heterocycles. The lowest BCUT2D eigenvalue weighted by Gasteiger charge is -2.23. The molecule has 4 rings (SSSR count). The van der Waals surface area contributed by atoms with Crippen LogP contribution >= 0.6 is 0 Å². The highest BCUT2D eigenvalue weighted by Crippen LogP contribution is 2.36. The zero-order valence-electron chi connectivity index (χ0n) is 16.2. The van der Waals surface area contributed by atoms with Gasteiger partial charge in [-0.25, -0.2) is 0 Å². The molecule has 0 saturated carbocycles. The Labute approximate surface area is 164 Å². The van der Waals surface area contributed by atoms with Crippen LogP contribution in [0.5, 0.6) is 23.0 Å². The molecule has 0 aliphatic carbocycles. The number of hydrogen-bond acceptors (Lipinski definition) is 5. The monoisotopic (exact) mass is 383 g/mol. The molecule has 0 amide bonds. The largest absolute Gasteiger partial charge is 0.490 e. The summed E-state index contributed by atoms with van der Waals surface area (Å²) in [6, 6.07) is 11.6. The highest BCUT2D eigenvalue weighted by molar-refractivity contribution is 5.92. The second-order valence-electron chi connectivity index (χ2n) is 7.49. The summed E-state index contributed by atoms with van der Waals surface area (Å²) in [4.78, 5) is 4.53. The Hall–Kier alpha value is -3.09. The Balaban J connectivity index is 1.43. The molecule has 0 aromatic heterocycles. The first-order valence-electron chi connectivity index (χ1n) is 9.38. The summed E-state index contributed by atoms with van der Waals surface area (Å²) in [5, 5.41) is 3.13. The van der Waals surface area contributed by atoms with Gasteiger partial charge < -0.3 is 30.0 Å². The van der Waals surface area contributed by atoms with E-state index in [-0.39, 0.29) is 12.2 Å². The summed E-state index contributed by atoms with van der Waals surface area (Å²) in [5.41, 5.74) is 7.83. The molecule has 2 aliphatic heterocycles. The number of nitrogens with two attached hydrogens (primary N) is 1. The molecule has 2 aromatic carbocycles. The molecule has 7 nitrogen and oxygen atoms in total. The molecule has 28 heavy (non-hydrogen) atoms. The molecule has 0 bridgehead atoms. The van der Waals surface area contributed by atoms with Gasteiger partial charge in [-0.15, -0.1) is 0 Å². The van der Waals surface area contributed by atoms with E-state index >= 15 is 0 Å². The second-order valence-corrected chi connectivity index (χ2v) is 7.49. The van der Waals surface area contributed by atoms with E-state index in [1.165, 1.54) is 0 Å². The van der Waals surface area contributed by atoms with E-state index in [1.54, 1.807) is 0 Å². The lowest BCUT2D eigenvalue weighted by atomic mass is 9.84. The average molecular weight is 383 g/mol. The third kappa shape index (κ3) is 3.93. The van der Waals surface area contributed by atoms with Crippen molar-refractivity contribution in [3.63, 3.8) is 0 Å². The van der Waals surface area contributed by atoms with E-state index in [2.05, 4.69) is 24.2 Å². The fraction of sp³-hybridized carbons (Fsp3) is 0.381. The van der Waals surface area contributed by atoms with Gasteiger partial charge in [-0.2, -0.15) is 0 Å². The van der Waals surface area contributed by atoms with Gasteiger partial charge in [-0.1, -0.05) is 19.9 Å². The maximum Gasteiger partial charge on any atom is 0.231 e. The number of anilines is 1. The van der Waals surface area contributed by atoms with Crippen LogP contribution in [0.1, 0.15) is 25.8 Å². The zero-order valence-corrected chi connectivity index (χ0v) is 16.2. The van der Waals surface area contributed by atoms with Gasteiger partial charge in [0.25, 0.3) is 0 Å². The maximum atomic E-state index is 6.11. The van der Waals surface area contributed by atoms with Gasteiger partial charge in [-0.05, 0) is 29.8 Å². The highest BCUT2D eigenvalue weighted by atomic mass is 16.7. The first-order valence-corrected chi connectivity index (χ1v) is 9.38. The van der Waals surface area contributed by atoms with E-state index in [1.807, 2.05) is 36.4 Å². The molecule has 2 aromatic rings. The quantitative estimate of drug-likeness (QED) is 0.622. The molecule has 148 valence electrons. The first-order chi connectivity index (χ1) is 13.5. The van der Waals surface area contributed by atoms with Crippen molar-refractivity contribution in [3.05, 3.63) is 42.0 Å². The minimum Gasteiger partial charge on any atom is -0.490 e. The molecular weight excluding hydrogens is 358 g/mol. The molecule has 0 unspecified atom stereocenters. The van der Waals surface area contributed by atoms with E-state index in [9.17, 15) is 0 Å². The van der Waals surface area contributed by atoms with Crippen molar-refractivity contribution < 1.29 is 18.9 Å². The van der Waals surface area contributed by atoms with E-state index in [4.69, 9.17) is 24.7 Å². The van der Waals surface area contributed by atoms with Crippen LogP contribution in [0.2, 0.25) is 0 Å². The Kier molecular flexibility index (Phi) is 4.90. The van der Waals surface area contributed by atoms with Crippen molar-refractivity contribution in [3.8, 4) is 23.0 Å². The van der Waals surface area contributed by atoms with Crippen molar-refractivity contribution in [2.45, 2.75) is 25.7 Å². The van der Waals surface area contributed by atoms with Crippen molar-refractivity contribution in [1.29, 1.82) is 0 Å². The summed E-state index contributed by atoms with van der Waals surface area (Å²) in [5.74, 6) is 3.37. The molecule has 7 heteroatoms. The summed E-state index contributed by atoms with van der Waals surface area (Å²) in [6.07, 6.45) is 0.871. The fourth-order valence-corrected chi connectivity index (χ4v) is 3.12. The third-order valence-corrected chi connectivity index (χ3v) is 4.82. The summed E-state index contributed by atoms with van der Waals surface area (Å²) in [7, 11) is 0. The summed E-state index contributed by atoms with van der Waals surface area (Å²) < 4.78 is 22.2. The molecule has 0 radical (unpaired) electrons. The van der Waals surface area contributed by atoms with Crippen molar-refractivity contribution in [2.24, 2.45) is 10.7 Å². The van der Waals surface area contributed by atoms with Crippen LogP contribution in [0.25, 0.3) is 0 Å². The Bertz CT molecular complexity index is 895. The lowest BCUT2D eigenvalue weighted by molar-refractivity contribution is 0.174. The number of nitrogens with one attached hydrogen (secondary N) is 1. The normalized spacial score (nSPS) is 15.9. The zero-order chi connectivity index (χ0) is 19.6. The Morgan fingerprint density at radius 3 is 2.50 bits per heavy atom. The van der Waals surface area contributed by atoms with Crippen LogP contribution in [-0.4, -0.2) is 32.5 Å². The number of nitrogens with zero attached hydrogens (tertiary/aromatic N) is 1. The van der Waals surface area contributed by atoms with Gasteiger partial charge >= 0.3 is 0 Å². The number of hydrogen-bond donors (Lipinski definition) is 2. The number of ether oxygens (including phenoxy) is 4. The van der Waals surface area contributed by atoms with Crippen molar-refractivity contribution in [2.75, 3.05) is 31.9 Å². The molecule has 0 spiro atoms. The van der Waals surface area contributed by atoms with Gasteiger partial charge in [0.2, 0.25) is 6.79 Å². The average Bonchev–Trinajstić information content (AvgIpc) is 3.03. The number of guanidine groups is 1. The van der Waals surface area contributed by atoms with Gasteiger partial charge in [-0.3, -0.25) is 4.99 Å². The van der Waals surface area contributed by atoms with Gasteiger partial charge in [0, 0.05) is 23.6 Å². The van der Waals surface area contributed by atoms with Crippen LogP contribution in [0, 0.1) is 0 Å². The second kappa shape index (κ2) is 7.50. The minimum absolute atomic E-state index is 0.210. The fourth-order valence-electron chi connectivity index (χ4n) is 3.12. The highest BCUT2D eigenvalue weighted by Gasteiger charge is 2.24. The predicted molar refractivity (Wildman–Crippen MR) is 108 cm³/mol. The third-order valence-electron chi connectivity index (χ3n) is 4.82. The predicted octanol–water partition coefficient (Wildman–Crippen LogP) is 3.28. The minimum atomic E-state index is -0.210. The number of fused-ring (bicyclic) bond motifs is 2. The van der Waals surface area contributed by atoms with Crippen LogP contribution in [0.15, 0.2) is 41.4 Å². The summed E-state index contributed by atoms with van der Waals surface area (Å²) in [6.45, 7) is 6.34. The van der Waals surface area contributed by atoms with Gasteiger partial charge in [0.05, 0.1) is 19.8 Å². The number of aliphatic imine (C=N–C) groups is 1. The Morgan fingerprint density at radius 2 is 1.64 bits per heavy atom. The van der Waals surface area contributed by atoms with Crippen molar-refractivity contribution >= 4 is 11.6 Å². The molecular formula is C21H25N3O4. The van der Waals surface area contributed by atoms with Gasteiger partial charge in [0.1, 0.15) is 0 Å².